The van der Waals surface area contributed by atoms with Crippen molar-refractivity contribution in [3.63, 3.8) is 0 Å². The molecule has 1 amide bonds. The highest BCUT2D eigenvalue weighted by Gasteiger charge is 2.30. The Bertz CT molecular complexity index is 744. The van der Waals surface area contributed by atoms with E-state index in [1.54, 1.807) is 0 Å². The molecule has 2 aliphatic rings. The molecule has 0 aromatic heterocycles. The molecule has 0 aliphatic carbocycles. The average molecular weight is 311 g/mol. The Kier molecular flexibility index (Phi) is 3.54. The van der Waals surface area contributed by atoms with Gasteiger partial charge in [-0.25, -0.2) is 0 Å². The summed E-state index contributed by atoms with van der Waals surface area (Å²) in [6.07, 6.45) is 0. The molecule has 0 fully saturated rings. The van der Waals surface area contributed by atoms with Crippen molar-refractivity contribution in [1.82, 2.24) is 5.32 Å². The molecule has 1 unspecified atom stereocenters. The van der Waals surface area contributed by atoms with Crippen molar-refractivity contribution in [3.8, 4) is 17.2 Å². The van der Waals surface area contributed by atoms with Gasteiger partial charge in [-0.15, -0.1) is 0 Å². The van der Waals surface area contributed by atoms with Gasteiger partial charge in [-0.1, -0.05) is 30.3 Å². The molecule has 23 heavy (non-hydrogen) atoms. The Hall–Kier alpha value is -2.69. The van der Waals surface area contributed by atoms with Crippen molar-refractivity contribution in [1.29, 1.82) is 0 Å². The van der Waals surface area contributed by atoms with E-state index >= 15 is 0 Å². The normalized spacial score (nSPS) is 18.0. The SMILES string of the molecule is O=C(NCc1cccc2c1OCCO2)C1COc2ccccc21. The predicted molar refractivity (Wildman–Crippen MR) is 84.0 cm³/mol. The number of carbonyl (C=O) groups is 1. The number of nitrogens with one attached hydrogen (secondary N) is 1. The first-order valence-electron chi connectivity index (χ1n) is 7.70. The molecule has 2 aliphatic heterocycles. The van der Waals surface area contributed by atoms with Crippen molar-refractivity contribution in [2.45, 2.75) is 12.5 Å². The molecule has 0 saturated heterocycles. The number of ether oxygens (including phenoxy) is 3. The van der Waals surface area contributed by atoms with Gasteiger partial charge in [-0.2, -0.15) is 0 Å². The van der Waals surface area contributed by atoms with E-state index in [0.717, 1.165) is 28.4 Å². The summed E-state index contributed by atoms with van der Waals surface area (Å²) in [6.45, 7) is 1.88. The minimum absolute atomic E-state index is 0.0377. The van der Waals surface area contributed by atoms with Crippen LogP contribution in [0.1, 0.15) is 17.0 Å². The number of amides is 1. The first-order chi connectivity index (χ1) is 11.3. The number of benzene rings is 2. The summed E-state index contributed by atoms with van der Waals surface area (Å²) in [6, 6.07) is 13.4. The average Bonchev–Trinajstić information content (AvgIpc) is 3.04. The summed E-state index contributed by atoms with van der Waals surface area (Å²) in [4.78, 5) is 12.5. The van der Waals surface area contributed by atoms with Crippen molar-refractivity contribution in [2.75, 3.05) is 19.8 Å². The fourth-order valence-electron chi connectivity index (χ4n) is 2.96. The van der Waals surface area contributed by atoms with E-state index in [-0.39, 0.29) is 11.8 Å². The van der Waals surface area contributed by atoms with Gasteiger partial charge >= 0.3 is 0 Å². The molecule has 0 radical (unpaired) electrons. The molecule has 5 heteroatoms. The third-order valence-corrected chi connectivity index (χ3v) is 4.12. The number of carbonyl (C=O) groups excluding carboxylic acids is 1. The summed E-state index contributed by atoms with van der Waals surface area (Å²) in [7, 11) is 0. The van der Waals surface area contributed by atoms with Crippen LogP contribution in [0.2, 0.25) is 0 Å². The van der Waals surface area contributed by atoms with Gasteiger partial charge in [0.15, 0.2) is 11.5 Å². The maximum absolute atomic E-state index is 12.5. The molecule has 2 heterocycles. The standard InChI is InChI=1S/C18H17NO4/c20-18(14-11-23-15-6-2-1-5-13(14)15)19-10-12-4-3-7-16-17(12)22-9-8-21-16/h1-7,14H,8-11H2,(H,19,20). The molecule has 0 spiro atoms. The van der Waals surface area contributed by atoms with Gasteiger partial charge in [-0.3, -0.25) is 4.79 Å². The van der Waals surface area contributed by atoms with Crippen LogP contribution in [-0.4, -0.2) is 25.7 Å². The van der Waals surface area contributed by atoms with Gasteiger partial charge in [0.2, 0.25) is 5.91 Å². The number of hydrogen-bond acceptors (Lipinski definition) is 4. The van der Waals surface area contributed by atoms with Gasteiger partial charge < -0.3 is 19.5 Å². The summed E-state index contributed by atoms with van der Waals surface area (Å²) in [5.41, 5.74) is 1.86. The van der Waals surface area contributed by atoms with Crippen LogP contribution in [0.15, 0.2) is 42.5 Å². The van der Waals surface area contributed by atoms with Crippen LogP contribution in [0.3, 0.4) is 0 Å². The second kappa shape index (κ2) is 5.83. The summed E-state index contributed by atoms with van der Waals surface area (Å²) >= 11 is 0. The lowest BCUT2D eigenvalue weighted by Gasteiger charge is -2.21. The van der Waals surface area contributed by atoms with E-state index in [0.29, 0.717) is 26.4 Å². The van der Waals surface area contributed by atoms with E-state index in [4.69, 9.17) is 14.2 Å². The Labute approximate surface area is 134 Å². The van der Waals surface area contributed by atoms with Gasteiger partial charge in [0.1, 0.15) is 31.5 Å². The zero-order valence-corrected chi connectivity index (χ0v) is 12.6. The zero-order valence-electron chi connectivity index (χ0n) is 12.6. The lowest BCUT2D eigenvalue weighted by Crippen LogP contribution is -2.30. The number of para-hydroxylation sites is 2. The monoisotopic (exact) mass is 311 g/mol. The molecular formula is C18H17NO4. The molecule has 4 rings (SSSR count). The molecule has 0 bridgehead atoms. The van der Waals surface area contributed by atoms with Crippen LogP contribution in [-0.2, 0) is 11.3 Å². The fraction of sp³-hybridized carbons (Fsp3) is 0.278. The first-order valence-corrected chi connectivity index (χ1v) is 7.70. The van der Waals surface area contributed by atoms with Gasteiger partial charge in [0, 0.05) is 17.7 Å². The van der Waals surface area contributed by atoms with Gasteiger partial charge in [-0.05, 0) is 12.1 Å². The van der Waals surface area contributed by atoms with Crippen LogP contribution in [0, 0.1) is 0 Å². The van der Waals surface area contributed by atoms with E-state index < -0.39 is 0 Å². The first kappa shape index (κ1) is 13.9. The molecule has 1 atom stereocenters. The lowest BCUT2D eigenvalue weighted by atomic mass is 10.0. The second-order valence-electron chi connectivity index (χ2n) is 5.56. The summed E-state index contributed by atoms with van der Waals surface area (Å²) in [5.74, 6) is 1.95. The van der Waals surface area contributed by atoms with Gasteiger partial charge in [0.05, 0.1) is 0 Å². The highest BCUT2D eigenvalue weighted by Crippen LogP contribution is 2.35. The van der Waals surface area contributed by atoms with Crippen LogP contribution in [0.25, 0.3) is 0 Å². The van der Waals surface area contributed by atoms with E-state index in [9.17, 15) is 4.79 Å². The van der Waals surface area contributed by atoms with Crippen LogP contribution in [0.4, 0.5) is 0 Å². The van der Waals surface area contributed by atoms with E-state index in [1.165, 1.54) is 0 Å². The topological polar surface area (TPSA) is 56.8 Å². The van der Waals surface area contributed by atoms with Crippen molar-refractivity contribution in [3.05, 3.63) is 53.6 Å². The number of hydrogen-bond donors (Lipinski definition) is 1. The molecule has 0 saturated carbocycles. The Morgan fingerprint density at radius 3 is 2.78 bits per heavy atom. The molecule has 118 valence electrons. The van der Waals surface area contributed by atoms with Crippen molar-refractivity contribution in [2.24, 2.45) is 0 Å². The Morgan fingerprint density at radius 1 is 1.00 bits per heavy atom. The minimum Gasteiger partial charge on any atom is -0.492 e. The minimum atomic E-state index is -0.261. The van der Waals surface area contributed by atoms with Gasteiger partial charge in [0.25, 0.3) is 0 Å². The quantitative estimate of drug-likeness (QED) is 0.944. The van der Waals surface area contributed by atoms with Crippen LogP contribution in [0.5, 0.6) is 17.2 Å². The van der Waals surface area contributed by atoms with Crippen molar-refractivity contribution < 1.29 is 19.0 Å². The summed E-state index contributed by atoms with van der Waals surface area (Å²) < 4.78 is 16.8. The molecule has 2 aromatic carbocycles. The van der Waals surface area contributed by atoms with Crippen LogP contribution >= 0.6 is 0 Å². The third-order valence-electron chi connectivity index (χ3n) is 4.12. The molecule has 2 aromatic rings. The Balaban J connectivity index is 1.47. The van der Waals surface area contributed by atoms with Crippen LogP contribution < -0.4 is 19.5 Å². The number of fused-ring (bicyclic) bond motifs is 2. The maximum Gasteiger partial charge on any atom is 0.231 e. The third kappa shape index (κ3) is 2.59. The summed E-state index contributed by atoms with van der Waals surface area (Å²) in [5, 5.41) is 2.98. The highest BCUT2D eigenvalue weighted by molar-refractivity contribution is 5.85. The van der Waals surface area contributed by atoms with E-state index in [1.807, 2.05) is 42.5 Å². The molecular weight excluding hydrogens is 294 g/mol. The molecule has 1 N–H and O–H groups in total. The Morgan fingerprint density at radius 2 is 1.83 bits per heavy atom. The van der Waals surface area contributed by atoms with Crippen molar-refractivity contribution >= 4 is 5.91 Å². The largest absolute Gasteiger partial charge is 0.492 e. The smallest absolute Gasteiger partial charge is 0.231 e. The lowest BCUT2D eigenvalue weighted by molar-refractivity contribution is -0.122. The second-order valence-corrected chi connectivity index (χ2v) is 5.56. The fourth-order valence-corrected chi connectivity index (χ4v) is 2.96. The number of rotatable bonds is 3. The highest BCUT2D eigenvalue weighted by atomic mass is 16.6. The van der Waals surface area contributed by atoms with E-state index in [2.05, 4.69) is 5.32 Å². The maximum atomic E-state index is 12.5. The molecule has 5 nitrogen and oxygen atoms in total. The predicted octanol–water partition coefficient (Wildman–Crippen LogP) is 2.25. The zero-order chi connectivity index (χ0) is 15.6.